The molecule has 0 bridgehead atoms. The lowest BCUT2D eigenvalue weighted by molar-refractivity contribution is 0.0996. The molecule has 0 radical (unpaired) electrons. The minimum Gasteiger partial charge on any atom is -0.459 e. The van der Waals surface area contributed by atoms with E-state index < -0.39 is 0 Å². The number of nitrogens with zero attached hydrogens (tertiary/aromatic N) is 2. The van der Waals surface area contributed by atoms with Gasteiger partial charge in [-0.05, 0) is 18.6 Å². The van der Waals surface area contributed by atoms with Crippen LogP contribution >= 0.6 is 0 Å². The van der Waals surface area contributed by atoms with Gasteiger partial charge in [-0.1, -0.05) is 0 Å². The minimum atomic E-state index is -0.276. The maximum Gasteiger partial charge on any atom is 0.291 e. The second-order valence-corrected chi connectivity index (χ2v) is 4.16. The molecule has 1 aliphatic rings. The zero-order valence-corrected chi connectivity index (χ0v) is 9.70. The van der Waals surface area contributed by atoms with Gasteiger partial charge in [0, 0.05) is 12.8 Å². The summed E-state index contributed by atoms with van der Waals surface area (Å²) in [6.07, 6.45) is 5.85. The third kappa shape index (κ3) is 2.14. The molecule has 0 aromatic carbocycles. The Morgan fingerprint density at radius 3 is 3.22 bits per heavy atom. The molecule has 0 spiro atoms. The third-order valence-corrected chi connectivity index (χ3v) is 2.88. The Labute approximate surface area is 104 Å². The second kappa shape index (κ2) is 4.66. The molecule has 1 N–H and O–H groups in total. The van der Waals surface area contributed by atoms with Crippen LogP contribution in [0.5, 0.6) is 0 Å². The van der Waals surface area contributed by atoms with Gasteiger partial charge >= 0.3 is 0 Å². The molecule has 6 heteroatoms. The van der Waals surface area contributed by atoms with E-state index in [0.717, 1.165) is 13.0 Å². The summed E-state index contributed by atoms with van der Waals surface area (Å²) in [6.45, 7) is 1.44. The van der Waals surface area contributed by atoms with Crippen molar-refractivity contribution in [2.75, 3.05) is 18.5 Å². The molecule has 1 aliphatic heterocycles. The molecule has 0 unspecified atom stereocenters. The van der Waals surface area contributed by atoms with E-state index in [1.54, 1.807) is 24.5 Å². The van der Waals surface area contributed by atoms with Crippen LogP contribution in [0.1, 0.15) is 23.0 Å². The molecule has 18 heavy (non-hydrogen) atoms. The van der Waals surface area contributed by atoms with Crippen LogP contribution in [0.4, 0.5) is 5.69 Å². The highest BCUT2D eigenvalue weighted by molar-refractivity contribution is 6.02. The van der Waals surface area contributed by atoms with E-state index in [1.807, 2.05) is 4.68 Å². The van der Waals surface area contributed by atoms with Gasteiger partial charge in [0.2, 0.25) is 0 Å². The smallest absolute Gasteiger partial charge is 0.291 e. The van der Waals surface area contributed by atoms with Crippen molar-refractivity contribution in [2.24, 2.45) is 0 Å². The van der Waals surface area contributed by atoms with Crippen molar-refractivity contribution in [2.45, 2.75) is 12.5 Å². The van der Waals surface area contributed by atoms with E-state index in [-0.39, 0.29) is 17.7 Å². The maximum absolute atomic E-state index is 11.7. The van der Waals surface area contributed by atoms with Gasteiger partial charge in [0.1, 0.15) is 0 Å². The Kier molecular flexibility index (Phi) is 2.85. The average molecular weight is 247 g/mol. The van der Waals surface area contributed by atoms with Crippen LogP contribution in [-0.2, 0) is 4.74 Å². The Morgan fingerprint density at radius 2 is 2.50 bits per heavy atom. The highest BCUT2D eigenvalue weighted by atomic mass is 16.5. The van der Waals surface area contributed by atoms with Crippen LogP contribution in [-0.4, -0.2) is 28.9 Å². The average Bonchev–Trinajstić information content (AvgIpc) is 3.12. The van der Waals surface area contributed by atoms with Crippen LogP contribution in [0.15, 0.2) is 35.2 Å². The number of ether oxygens (including phenoxy) is 1. The number of aromatic nitrogens is 2. The Balaban J connectivity index is 1.68. The first-order valence-electron chi connectivity index (χ1n) is 5.80. The number of carbonyl (C=O) groups excluding carboxylic acids is 1. The molecular weight excluding hydrogens is 234 g/mol. The van der Waals surface area contributed by atoms with E-state index in [2.05, 4.69) is 10.4 Å². The van der Waals surface area contributed by atoms with E-state index in [1.165, 1.54) is 6.26 Å². The van der Waals surface area contributed by atoms with E-state index >= 15 is 0 Å². The normalized spacial score (nSPS) is 19.0. The molecule has 2 aromatic heterocycles. The molecule has 6 nitrogen and oxygen atoms in total. The van der Waals surface area contributed by atoms with Crippen LogP contribution < -0.4 is 5.32 Å². The maximum atomic E-state index is 11.7. The predicted molar refractivity (Wildman–Crippen MR) is 63.4 cm³/mol. The number of furan rings is 1. The first kappa shape index (κ1) is 11.0. The summed E-state index contributed by atoms with van der Waals surface area (Å²) >= 11 is 0. The molecule has 1 atom stereocenters. The van der Waals surface area contributed by atoms with E-state index in [9.17, 15) is 4.79 Å². The van der Waals surface area contributed by atoms with Gasteiger partial charge in [-0.25, -0.2) is 0 Å². The Hall–Kier alpha value is -2.08. The molecule has 1 fully saturated rings. The van der Waals surface area contributed by atoms with Gasteiger partial charge < -0.3 is 14.5 Å². The van der Waals surface area contributed by atoms with Crippen molar-refractivity contribution in [3.63, 3.8) is 0 Å². The first-order valence-corrected chi connectivity index (χ1v) is 5.80. The molecule has 1 amide bonds. The lowest BCUT2D eigenvalue weighted by Crippen LogP contribution is -2.11. The standard InChI is InChI=1S/C12H13N3O3/c16-12(11-2-1-4-18-11)14-9-6-13-15(7-9)10-3-5-17-8-10/h1-2,4,6-7,10H,3,5,8H2,(H,14,16)/t10-/m1/s1. The molecule has 0 aliphatic carbocycles. The number of hydrogen-bond donors (Lipinski definition) is 1. The van der Waals surface area contributed by atoms with Gasteiger partial charge in [0.25, 0.3) is 5.91 Å². The van der Waals surface area contributed by atoms with Crippen LogP contribution in [0.25, 0.3) is 0 Å². The van der Waals surface area contributed by atoms with Crippen molar-refractivity contribution in [3.8, 4) is 0 Å². The molecule has 0 saturated carbocycles. The Morgan fingerprint density at radius 1 is 1.56 bits per heavy atom. The molecule has 2 aromatic rings. The summed E-state index contributed by atoms with van der Waals surface area (Å²) in [5.41, 5.74) is 0.656. The Bertz CT molecular complexity index is 527. The van der Waals surface area contributed by atoms with E-state index in [0.29, 0.717) is 12.3 Å². The van der Waals surface area contributed by atoms with Gasteiger partial charge in [-0.3, -0.25) is 9.48 Å². The molecule has 3 rings (SSSR count). The number of nitrogens with one attached hydrogen (secondary N) is 1. The molecule has 3 heterocycles. The lowest BCUT2D eigenvalue weighted by Gasteiger charge is -2.06. The zero-order chi connectivity index (χ0) is 12.4. The van der Waals surface area contributed by atoms with Crippen molar-refractivity contribution < 1.29 is 13.9 Å². The zero-order valence-electron chi connectivity index (χ0n) is 9.70. The lowest BCUT2D eigenvalue weighted by atomic mass is 10.3. The van der Waals surface area contributed by atoms with Gasteiger partial charge in [0.15, 0.2) is 5.76 Å². The van der Waals surface area contributed by atoms with Crippen LogP contribution in [0, 0.1) is 0 Å². The fourth-order valence-electron chi connectivity index (χ4n) is 1.93. The topological polar surface area (TPSA) is 69.3 Å². The number of hydrogen-bond acceptors (Lipinski definition) is 4. The van der Waals surface area contributed by atoms with Gasteiger partial charge in [-0.15, -0.1) is 0 Å². The van der Waals surface area contributed by atoms with Crippen molar-refractivity contribution >= 4 is 11.6 Å². The number of rotatable bonds is 3. The number of anilines is 1. The highest BCUT2D eigenvalue weighted by Gasteiger charge is 2.19. The summed E-state index contributed by atoms with van der Waals surface area (Å²) in [5.74, 6) is 0.00849. The van der Waals surface area contributed by atoms with Crippen LogP contribution in [0.2, 0.25) is 0 Å². The summed E-state index contributed by atoms with van der Waals surface area (Å²) < 4.78 is 12.1. The summed E-state index contributed by atoms with van der Waals surface area (Å²) in [7, 11) is 0. The third-order valence-electron chi connectivity index (χ3n) is 2.88. The van der Waals surface area contributed by atoms with Gasteiger partial charge in [-0.2, -0.15) is 5.10 Å². The fourth-order valence-corrected chi connectivity index (χ4v) is 1.93. The van der Waals surface area contributed by atoms with Crippen molar-refractivity contribution in [1.82, 2.24) is 9.78 Å². The largest absolute Gasteiger partial charge is 0.459 e. The molecule has 1 saturated heterocycles. The SMILES string of the molecule is O=C(Nc1cnn([C@@H]2CCOC2)c1)c1ccco1. The fraction of sp³-hybridized carbons (Fsp3) is 0.333. The second-order valence-electron chi connectivity index (χ2n) is 4.16. The van der Waals surface area contributed by atoms with Crippen molar-refractivity contribution in [3.05, 3.63) is 36.5 Å². The predicted octanol–water partition coefficient (Wildman–Crippen LogP) is 1.69. The summed E-state index contributed by atoms with van der Waals surface area (Å²) in [6, 6.07) is 3.55. The van der Waals surface area contributed by atoms with Gasteiger partial charge in [0.05, 0.1) is 30.8 Å². The summed E-state index contributed by atoms with van der Waals surface area (Å²) in [4.78, 5) is 11.7. The number of amides is 1. The number of carbonyl (C=O) groups is 1. The first-order chi connectivity index (χ1) is 8.83. The summed E-state index contributed by atoms with van der Waals surface area (Å²) in [5, 5.41) is 6.96. The monoisotopic (exact) mass is 247 g/mol. The minimum absolute atomic E-state index is 0.263. The quantitative estimate of drug-likeness (QED) is 0.896. The van der Waals surface area contributed by atoms with E-state index in [4.69, 9.17) is 9.15 Å². The van der Waals surface area contributed by atoms with Crippen molar-refractivity contribution in [1.29, 1.82) is 0 Å². The molecule has 94 valence electrons. The van der Waals surface area contributed by atoms with Crippen LogP contribution in [0.3, 0.4) is 0 Å². The molecular formula is C12H13N3O3. The highest BCUT2D eigenvalue weighted by Crippen LogP contribution is 2.19.